The molecular weight excluding hydrogens is 3790 g/mol. The number of ether oxygens (including phenoxy) is 2. The monoisotopic (exact) mass is 3840 g/mol. The van der Waals surface area contributed by atoms with Gasteiger partial charge in [-0.25, -0.2) is 13.1 Å². The molecule has 0 aliphatic carbocycles. The van der Waals surface area contributed by atoms with Gasteiger partial charge >= 0.3 is 0 Å². The Balaban J connectivity index is -0.0000000423. The van der Waals surface area contributed by atoms with Crippen molar-refractivity contribution >= 4 is 47.4 Å². The fourth-order valence-electron chi connectivity index (χ4n) is 3.09. The number of hydrogen-bond donors (Lipinski definition) is 6. The van der Waals surface area contributed by atoms with Crippen LogP contribution in [0.15, 0.2) is 61.6 Å². The number of oxazole rings is 4. The molecule has 4 aromatic heterocycles. The summed E-state index contributed by atoms with van der Waals surface area (Å²) in [4.78, 5) is 144. The average molecular weight is 3830 g/mol. The Bertz CT molecular complexity index is 2000. The van der Waals surface area contributed by atoms with Gasteiger partial charge in [0.15, 0.2) is 11.9 Å². The first kappa shape index (κ1) is 120. The van der Waals surface area contributed by atoms with Crippen LogP contribution in [0.3, 0.4) is 0 Å². The average Bonchev–Trinajstić information content (AvgIpc) is 4.04. The van der Waals surface area contributed by atoms with Gasteiger partial charge in [-0.05, 0) is 37.6 Å². The summed E-state index contributed by atoms with van der Waals surface area (Å²) in [6.07, 6.45) is 3.41. The van der Waals surface area contributed by atoms with E-state index in [0.29, 0.717) is 0 Å². The van der Waals surface area contributed by atoms with Crippen LogP contribution in [0.25, 0.3) is 0 Å². The Labute approximate surface area is 651 Å². The van der Waals surface area contributed by atoms with Gasteiger partial charge in [0.05, 0.1) is 14.2 Å². The van der Waals surface area contributed by atoms with Crippen LogP contribution in [0.5, 0.6) is 0 Å². The molecule has 0 atom stereocenters. The minimum atomic E-state index is -0.750. The summed E-state index contributed by atoms with van der Waals surface area (Å²) >= 11 is 0. The molecule has 0 unspecified atom stereocenters. The molecule has 4 aromatic rings. The molecule has 44 heteroatoms. The smallest absolute Gasteiger partial charge is 0.254 e. The molecule has 0 spiro atoms. The summed E-state index contributed by atoms with van der Waals surface area (Å²) in [6, 6.07) is 0. The number of nitrogens with one attached hydrogen (secondary N) is 6. The van der Waals surface area contributed by atoms with Crippen LogP contribution in [0.1, 0.15) is 36.4 Å². The van der Waals surface area contributed by atoms with Gasteiger partial charge in [-0.1, -0.05) is 0 Å². The predicted molar refractivity (Wildman–Crippen MR) is 190 cm³/mol. The number of aromatic nitrogens is 4. The molecule has 0 saturated carbocycles. The van der Waals surface area contributed by atoms with E-state index in [1.165, 1.54) is 14.1 Å². The van der Waals surface area contributed by atoms with Crippen molar-refractivity contribution in [3.63, 3.8) is 0 Å². The number of carbonyl (C=O) groups is 8. The van der Waals surface area contributed by atoms with Crippen LogP contribution in [0, 0.1) is 26.2 Å². The van der Waals surface area contributed by atoms with Crippen LogP contribution >= 0.6 is 0 Å². The van der Waals surface area contributed by atoms with Gasteiger partial charge in [0.25, 0.3) is 22.5 Å². The van der Waals surface area contributed by atoms with E-state index in [-0.39, 0.29) is 363 Å². The van der Waals surface area contributed by atoms with Crippen LogP contribution < -0.4 is 54.4 Å². The quantitative estimate of drug-likeness (QED) is 0.0346. The van der Waals surface area contributed by atoms with Crippen molar-refractivity contribution in [2.45, 2.75) is 25.7 Å². The van der Waals surface area contributed by atoms with Crippen molar-refractivity contribution in [3.05, 3.63) is 116 Å². The van der Waals surface area contributed by atoms with Crippen LogP contribution in [-0.4, -0.2) is 95.6 Å². The van der Waals surface area contributed by atoms with Crippen molar-refractivity contribution in [2.75, 3.05) is 28.3 Å². The molecule has 28 nitrogen and oxygen atoms in total. The minimum absolute atomic E-state index is 0. The van der Waals surface area contributed by atoms with E-state index in [0.717, 1.165) is 65.2 Å². The van der Waals surface area contributed by atoms with Gasteiger partial charge in [0.2, 0.25) is 23.6 Å². The molecule has 16 radical (unpaired) electrons. The third-order valence-corrected chi connectivity index (χ3v) is 5.70. The molecule has 0 bridgehead atoms. The molecule has 6 amide bonds. The van der Waals surface area contributed by atoms with E-state index < -0.39 is 82.7 Å². The third kappa shape index (κ3) is 63.5. The number of amides is 6. The number of carbonyl (C=O) groups excluding carboxylic acids is 8. The Morgan fingerprint density at radius 3 is 0.750 bits per heavy atom. The van der Waals surface area contributed by atoms with E-state index in [2.05, 4.69) is 68.3 Å². The molecule has 4 rings (SSSR count). The normalized spacial score (nSPS) is 7.42. The molecule has 76 heavy (non-hydrogen) atoms. The van der Waals surface area contributed by atoms with Crippen LogP contribution in [-0.2, 0) is 387 Å². The minimum Gasteiger partial charge on any atom is -0.516 e. The standard InChI is InChI=1S/C9H14N4O4.C9H12N2O6.2C7H4N2O4.16Re/c1-10-8(16)4-12-6(14)3-7(15)13-5-9(17)11-2;1-16-8(14)4-10-6(12)3-7(13)11-5-9(15)17-2;2*10-6-2-8-4(12-6)1-5-9-3-7(11)13-5;;;;;;;;;;;;;;;;/h4-5H,3H2,1-2H3,(H,10,16)(H,11,17)(H,12,14)(H,13,15);4-5H,3H2,1-2H3,(H,10,12)(H,11,13);2*2-3H,1H2;;;;;;;;;;;;;;;;/q4*-2;;;;;;;;;;;;;;;;. The second kappa shape index (κ2) is 73.0. The molecule has 440 valence electrons. The summed E-state index contributed by atoms with van der Waals surface area (Å²) in [7, 11) is 5.08. The molecule has 0 aromatic carbocycles. The topological polar surface area (TPSA) is 400 Å². The van der Waals surface area contributed by atoms with Gasteiger partial charge in [0.1, 0.15) is 24.7 Å². The Morgan fingerprint density at radius 1 is 0.395 bits per heavy atom. The number of hydrogen-bond acceptors (Lipinski definition) is 22. The molecule has 0 saturated heterocycles. The molecule has 0 fully saturated rings. The predicted octanol–water partition coefficient (Wildman–Crippen LogP) is -5.51. The largest absolute Gasteiger partial charge is 0.516 e. The molecule has 0 aliphatic rings. The van der Waals surface area contributed by atoms with E-state index in [1.807, 2.05) is 10.6 Å². The number of esters is 2. The van der Waals surface area contributed by atoms with Gasteiger partial charge in [-0.2, -0.15) is 13.1 Å². The van der Waals surface area contributed by atoms with Crippen molar-refractivity contribution < 1.29 is 392 Å². The van der Waals surface area contributed by atoms with Crippen molar-refractivity contribution in [1.82, 2.24) is 51.8 Å². The summed E-state index contributed by atoms with van der Waals surface area (Å²) < 4.78 is 27.0. The van der Waals surface area contributed by atoms with Crippen molar-refractivity contribution in [3.8, 4) is 0 Å². The van der Waals surface area contributed by atoms with Gasteiger partial charge < -0.3 is 88.6 Å². The van der Waals surface area contributed by atoms with Crippen LogP contribution in [0.4, 0.5) is 0 Å². The maximum absolute atomic E-state index is 11.1. The third-order valence-electron chi connectivity index (χ3n) is 5.70. The maximum atomic E-state index is 11.1. The summed E-state index contributed by atoms with van der Waals surface area (Å²) in [5.74, 6) is -4.48. The number of rotatable bonds is 16. The molecule has 6 N–H and O–H groups in total. The van der Waals surface area contributed by atoms with E-state index in [1.54, 1.807) is 0 Å². The van der Waals surface area contributed by atoms with Gasteiger partial charge in [0, 0.05) is 364 Å². The molecular formula is C32H34N10O18Re16-8. The van der Waals surface area contributed by atoms with Crippen molar-refractivity contribution in [1.29, 1.82) is 0 Å². The second-order valence-electron chi connectivity index (χ2n) is 10.1. The number of likely N-dealkylation sites (N-methyl/N-ethyl adjacent to an activating group) is 2. The zero-order valence-corrected chi connectivity index (χ0v) is 81.1. The molecule has 4 heterocycles. The summed E-state index contributed by atoms with van der Waals surface area (Å²) in [5, 5.41) is 12.8. The first-order valence-electron chi connectivity index (χ1n) is 16.0. The fraction of sp³-hybridized carbons (Fsp3) is 0.250. The molecule has 0 aliphatic heterocycles. The number of nitrogens with zero attached hydrogens (tertiary/aromatic N) is 4. The number of methoxy groups -OCH3 is 2. The second-order valence-corrected chi connectivity index (χ2v) is 10.1. The summed E-state index contributed by atoms with van der Waals surface area (Å²) in [5.41, 5.74) is -2.10. The van der Waals surface area contributed by atoms with Crippen molar-refractivity contribution in [2.24, 2.45) is 0 Å². The van der Waals surface area contributed by atoms with E-state index in [4.69, 9.17) is 0 Å². The van der Waals surface area contributed by atoms with E-state index >= 15 is 0 Å². The first-order chi connectivity index (χ1) is 28.5. The fourth-order valence-corrected chi connectivity index (χ4v) is 3.09. The Morgan fingerprint density at radius 2 is 0.592 bits per heavy atom. The van der Waals surface area contributed by atoms with E-state index in [9.17, 15) is 57.5 Å². The van der Waals surface area contributed by atoms with Gasteiger partial charge in [-0.3, -0.25) is 47.9 Å². The Hall–Kier alpha value is 1.88. The summed E-state index contributed by atoms with van der Waals surface area (Å²) in [6.45, 7) is 3.36. The zero-order chi connectivity index (χ0) is 45.0. The van der Waals surface area contributed by atoms with Crippen LogP contribution in [0.2, 0.25) is 0 Å². The Kier molecular flexibility index (Phi) is 115. The van der Waals surface area contributed by atoms with Gasteiger partial charge in [-0.15, -0.1) is 0 Å². The maximum Gasteiger partial charge on any atom is 0.254 e. The zero-order valence-electron chi connectivity index (χ0n) is 37.6. The first-order valence-corrected chi connectivity index (χ1v) is 16.0. The SMILES string of the molecule is CNC(=O)[CH-]NC(=O)CC(=O)N[CH-]C(=O)NC.COC(=O)[CH-]NC(=O)CC(=O)N[CH-]C(=O)OC.O=c1[cH-]nc(Cc2n[cH-]c(=O)o2)o1.O=c1[cH-]nc(Cc2n[cH-]c(=O)o2)o1.[Re].[Re].[Re].[Re].[Re].[Re].[Re].[Re].[Re].[Re].[Re].[Re].[Re].[Re].[Re].[Re].